The van der Waals surface area contributed by atoms with Gasteiger partial charge in [0.25, 0.3) is 0 Å². The maximum Gasteiger partial charge on any atom is 0.111 e. The number of para-hydroxylation sites is 2. The van der Waals surface area contributed by atoms with Gasteiger partial charge in [-0.3, -0.25) is 0 Å². The van der Waals surface area contributed by atoms with Crippen LogP contribution in [0, 0.1) is 11.8 Å². The first-order valence-electron chi connectivity index (χ1n) is 7.44. The molecule has 3 N–H and O–H groups in total. The molecule has 102 valence electrons. The summed E-state index contributed by atoms with van der Waals surface area (Å²) in [6, 6.07) is 8.23. The molecule has 1 heterocycles. The number of nitrogens with one attached hydrogen (secondary N) is 1. The molecule has 3 heteroatoms. The van der Waals surface area contributed by atoms with E-state index in [1.807, 2.05) is 12.1 Å². The van der Waals surface area contributed by atoms with E-state index in [9.17, 15) is 0 Å². The highest BCUT2D eigenvalue weighted by atomic mass is 14.9. The molecule has 0 saturated heterocycles. The minimum Gasteiger partial charge on any atom is -0.342 e. The highest BCUT2D eigenvalue weighted by molar-refractivity contribution is 5.74. The van der Waals surface area contributed by atoms with Gasteiger partial charge in [0.1, 0.15) is 5.82 Å². The van der Waals surface area contributed by atoms with Crippen molar-refractivity contribution in [2.75, 3.05) is 6.54 Å². The Morgan fingerprint density at radius 2 is 2.11 bits per heavy atom. The van der Waals surface area contributed by atoms with Crippen molar-refractivity contribution in [3.63, 3.8) is 0 Å². The van der Waals surface area contributed by atoms with Crippen LogP contribution in [0.3, 0.4) is 0 Å². The van der Waals surface area contributed by atoms with Gasteiger partial charge in [0.15, 0.2) is 0 Å². The van der Waals surface area contributed by atoms with Crippen molar-refractivity contribution in [1.29, 1.82) is 0 Å². The summed E-state index contributed by atoms with van der Waals surface area (Å²) >= 11 is 0. The van der Waals surface area contributed by atoms with Crippen LogP contribution in [0.15, 0.2) is 24.3 Å². The van der Waals surface area contributed by atoms with Crippen molar-refractivity contribution in [2.24, 2.45) is 17.6 Å². The average molecular weight is 257 g/mol. The number of aromatic amines is 1. The molecular formula is C16H23N3. The molecule has 3 nitrogen and oxygen atoms in total. The molecular weight excluding hydrogens is 234 g/mol. The minimum atomic E-state index is 0.377. The molecule has 1 fully saturated rings. The Kier molecular flexibility index (Phi) is 3.56. The zero-order valence-corrected chi connectivity index (χ0v) is 11.6. The molecule has 3 rings (SSSR count). The molecule has 1 aliphatic carbocycles. The Morgan fingerprint density at radius 3 is 2.84 bits per heavy atom. The Bertz CT molecular complexity index is 513. The van der Waals surface area contributed by atoms with Crippen LogP contribution in [0.5, 0.6) is 0 Å². The van der Waals surface area contributed by atoms with E-state index in [0.717, 1.165) is 22.8 Å². The van der Waals surface area contributed by atoms with E-state index in [4.69, 9.17) is 10.7 Å². The lowest BCUT2D eigenvalue weighted by Gasteiger charge is -2.33. The minimum absolute atomic E-state index is 0.377. The first-order valence-corrected chi connectivity index (χ1v) is 7.44. The predicted octanol–water partition coefficient (Wildman–Crippen LogP) is 3.43. The standard InChI is InChI=1S/C16H23N3/c1-11-6-2-3-7-12(11)13(10-17)16-18-14-8-4-5-9-15(14)19-16/h4-5,8-9,11-13H,2-3,6-7,10,17H2,1H3,(H,18,19). The van der Waals surface area contributed by atoms with Crippen molar-refractivity contribution in [3.05, 3.63) is 30.1 Å². The van der Waals surface area contributed by atoms with Crippen LogP contribution in [-0.2, 0) is 0 Å². The van der Waals surface area contributed by atoms with Crippen LogP contribution in [-0.4, -0.2) is 16.5 Å². The maximum atomic E-state index is 6.06. The summed E-state index contributed by atoms with van der Waals surface area (Å²) in [4.78, 5) is 8.23. The number of hydrogen-bond donors (Lipinski definition) is 2. The topological polar surface area (TPSA) is 54.7 Å². The summed E-state index contributed by atoms with van der Waals surface area (Å²) in [6.45, 7) is 3.06. The first kappa shape index (κ1) is 12.7. The van der Waals surface area contributed by atoms with Gasteiger partial charge in [0, 0.05) is 12.5 Å². The van der Waals surface area contributed by atoms with Gasteiger partial charge in [-0.25, -0.2) is 4.98 Å². The van der Waals surface area contributed by atoms with Crippen molar-refractivity contribution < 1.29 is 0 Å². The molecule has 1 aromatic carbocycles. The molecule has 0 aliphatic heterocycles. The first-order chi connectivity index (χ1) is 9.29. The summed E-state index contributed by atoms with van der Waals surface area (Å²) in [5.74, 6) is 2.90. The van der Waals surface area contributed by atoms with E-state index in [2.05, 4.69) is 24.0 Å². The third-order valence-corrected chi connectivity index (χ3v) is 4.71. The lowest BCUT2D eigenvalue weighted by Crippen LogP contribution is -2.29. The second kappa shape index (κ2) is 5.33. The van der Waals surface area contributed by atoms with E-state index in [0.29, 0.717) is 18.4 Å². The molecule has 3 unspecified atom stereocenters. The second-order valence-electron chi connectivity index (χ2n) is 5.91. The maximum absolute atomic E-state index is 6.06. The monoisotopic (exact) mass is 257 g/mol. The molecule has 0 spiro atoms. The van der Waals surface area contributed by atoms with E-state index in [1.165, 1.54) is 25.7 Å². The molecule has 1 aliphatic rings. The number of nitrogens with zero attached hydrogens (tertiary/aromatic N) is 1. The lowest BCUT2D eigenvalue weighted by molar-refractivity contribution is 0.214. The lowest BCUT2D eigenvalue weighted by atomic mass is 9.73. The third-order valence-electron chi connectivity index (χ3n) is 4.71. The number of benzene rings is 1. The Labute approximate surface area is 114 Å². The molecule has 1 saturated carbocycles. The summed E-state index contributed by atoms with van der Waals surface area (Å²) in [6.07, 6.45) is 5.34. The van der Waals surface area contributed by atoms with Gasteiger partial charge in [0.05, 0.1) is 11.0 Å². The van der Waals surface area contributed by atoms with Gasteiger partial charge in [-0.15, -0.1) is 0 Å². The Morgan fingerprint density at radius 1 is 1.32 bits per heavy atom. The van der Waals surface area contributed by atoms with E-state index >= 15 is 0 Å². The number of rotatable bonds is 3. The van der Waals surface area contributed by atoms with Gasteiger partial charge in [-0.1, -0.05) is 38.3 Å². The molecule has 0 radical (unpaired) electrons. The number of aromatic nitrogens is 2. The summed E-state index contributed by atoms with van der Waals surface area (Å²) in [7, 11) is 0. The Hall–Kier alpha value is -1.35. The molecule has 0 bridgehead atoms. The van der Waals surface area contributed by atoms with Gasteiger partial charge in [-0.05, 0) is 30.4 Å². The molecule has 3 atom stereocenters. The zero-order chi connectivity index (χ0) is 13.2. The number of hydrogen-bond acceptors (Lipinski definition) is 2. The third kappa shape index (κ3) is 2.39. The molecule has 1 aromatic heterocycles. The molecule has 19 heavy (non-hydrogen) atoms. The van der Waals surface area contributed by atoms with Crippen LogP contribution in [0.25, 0.3) is 11.0 Å². The van der Waals surface area contributed by atoms with Crippen LogP contribution in [0.2, 0.25) is 0 Å². The second-order valence-corrected chi connectivity index (χ2v) is 5.91. The quantitative estimate of drug-likeness (QED) is 0.885. The normalized spacial score (nSPS) is 25.6. The average Bonchev–Trinajstić information content (AvgIpc) is 2.85. The van der Waals surface area contributed by atoms with Crippen LogP contribution >= 0.6 is 0 Å². The van der Waals surface area contributed by atoms with E-state index < -0.39 is 0 Å². The van der Waals surface area contributed by atoms with Crippen molar-refractivity contribution >= 4 is 11.0 Å². The zero-order valence-electron chi connectivity index (χ0n) is 11.6. The predicted molar refractivity (Wildman–Crippen MR) is 79.0 cm³/mol. The fraction of sp³-hybridized carbons (Fsp3) is 0.562. The van der Waals surface area contributed by atoms with Gasteiger partial charge in [0.2, 0.25) is 0 Å². The van der Waals surface area contributed by atoms with Crippen LogP contribution in [0.4, 0.5) is 0 Å². The number of fused-ring (bicyclic) bond motifs is 1. The van der Waals surface area contributed by atoms with Crippen LogP contribution < -0.4 is 5.73 Å². The highest BCUT2D eigenvalue weighted by Gasteiger charge is 2.31. The SMILES string of the molecule is CC1CCCCC1C(CN)c1nc2ccccc2[nH]1. The van der Waals surface area contributed by atoms with Crippen LogP contribution in [0.1, 0.15) is 44.3 Å². The number of nitrogens with two attached hydrogens (primary N) is 1. The van der Waals surface area contributed by atoms with Crippen molar-refractivity contribution in [3.8, 4) is 0 Å². The largest absolute Gasteiger partial charge is 0.342 e. The summed E-state index contributed by atoms with van der Waals surface area (Å²) < 4.78 is 0. The fourth-order valence-corrected chi connectivity index (χ4v) is 3.58. The van der Waals surface area contributed by atoms with Gasteiger partial charge < -0.3 is 10.7 Å². The van der Waals surface area contributed by atoms with Crippen molar-refractivity contribution in [2.45, 2.75) is 38.5 Å². The number of imidazole rings is 1. The van der Waals surface area contributed by atoms with E-state index in [-0.39, 0.29) is 0 Å². The van der Waals surface area contributed by atoms with Gasteiger partial charge in [-0.2, -0.15) is 0 Å². The highest BCUT2D eigenvalue weighted by Crippen LogP contribution is 2.38. The molecule has 2 aromatic rings. The Balaban J connectivity index is 1.92. The summed E-state index contributed by atoms with van der Waals surface area (Å²) in [5.41, 5.74) is 8.24. The summed E-state index contributed by atoms with van der Waals surface area (Å²) in [5, 5.41) is 0. The van der Waals surface area contributed by atoms with Crippen molar-refractivity contribution in [1.82, 2.24) is 9.97 Å². The smallest absolute Gasteiger partial charge is 0.111 e. The van der Waals surface area contributed by atoms with E-state index in [1.54, 1.807) is 0 Å². The fourth-order valence-electron chi connectivity index (χ4n) is 3.58. The number of H-pyrrole nitrogens is 1. The van der Waals surface area contributed by atoms with Gasteiger partial charge >= 0.3 is 0 Å². The molecule has 0 amide bonds.